The number of benzene rings is 2. The van der Waals surface area contributed by atoms with E-state index in [0.29, 0.717) is 23.4 Å². The zero-order chi connectivity index (χ0) is 20.1. The number of carbonyl (C=O) groups excluding carboxylic acids is 2. The van der Waals surface area contributed by atoms with E-state index in [2.05, 4.69) is 10.3 Å². The van der Waals surface area contributed by atoms with E-state index in [0.717, 1.165) is 10.4 Å². The number of amides is 3. The lowest BCUT2D eigenvalue weighted by molar-refractivity contribution is -0.131. The maximum atomic E-state index is 13.5. The van der Waals surface area contributed by atoms with Crippen molar-refractivity contribution in [2.75, 3.05) is 0 Å². The van der Waals surface area contributed by atoms with Crippen LogP contribution in [0.4, 0.5) is 13.6 Å². The van der Waals surface area contributed by atoms with Crippen LogP contribution in [0, 0.1) is 11.6 Å². The summed E-state index contributed by atoms with van der Waals surface area (Å²) in [6, 6.07) is 9.17. The molecule has 3 amide bonds. The van der Waals surface area contributed by atoms with Crippen LogP contribution in [-0.4, -0.2) is 26.4 Å². The summed E-state index contributed by atoms with van der Waals surface area (Å²) in [5.74, 6) is -0.802. The van der Waals surface area contributed by atoms with Crippen LogP contribution in [0.1, 0.15) is 25.2 Å². The van der Waals surface area contributed by atoms with Gasteiger partial charge in [-0.2, -0.15) is 0 Å². The van der Waals surface area contributed by atoms with E-state index < -0.39 is 29.1 Å². The van der Waals surface area contributed by atoms with Gasteiger partial charge in [-0.05, 0) is 43.7 Å². The summed E-state index contributed by atoms with van der Waals surface area (Å²) in [6.45, 7) is 3.99. The number of imide groups is 1. The van der Waals surface area contributed by atoms with Crippen molar-refractivity contribution in [2.45, 2.75) is 32.5 Å². The Hall–Kier alpha value is -3.29. The first-order chi connectivity index (χ1) is 13.3. The zero-order valence-corrected chi connectivity index (χ0v) is 15.4. The maximum Gasteiger partial charge on any atom is 0.325 e. The lowest BCUT2D eigenvalue weighted by Crippen LogP contribution is -2.40. The van der Waals surface area contributed by atoms with Crippen LogP contribution in [0.15, 0.2) is 42.5 Å². The molecular weight excluding hydrogens is 366 g/mol. The summed E-state index contributed by atoms with van der Waals surface area (Å²) < 4.78 is 28.6. The molecule has 0 bridgehead atoms. The third-order valence-electron chi connectivity index (χ3n) is 5.10. The molecule has 0 spiro atoms. The van der Waals surface area contributed by atoms with Crippen LogP contribution in [0.25, 0.3) is 11.0 Å². The van der Waals surface area contributed by atoms with Crippen molar-refractivity contribution in [1.82, 2.24) is 19.8 Å². The van der Waals surface area contributed by atoms with E-state index in [1.165, 1.54) is 36.4 Å². The first-order valence-electron chi connectivity index (χ1n) is 8.88. The number of hydrogen-bond acceptors (Lipinski definition) is 3. The average molecular weight is 384 g/mol. The van der Waals surface area contributed by atoms with E-state index in [9.17, 15) is 18.4 Å². The Morgan fingerprint density at radius 3 is 2.43 bits per heavy atom. The lowest BCUT2D eigenvalue weighted by atomic mass is 9.92. The topological polar surface area (TPSA) is 67.2 Å². The van der Waals surface area contributed by atoms with Gasteiger partial charge in [0.1, 0.15) is 23.0 Å². The molecule has 0 aliphatic carbocycles. The monoisotopic (exact) mass is 384 g/mol. The third-order valence-corrected chi connectivity index (χ3v) is 5.10. The number of aromatic nitrogens is 2. The molecule has 1 aliphatic heterocycles. The van der Waals surface area contributed by atoms with Gasteiger partial charge in [-0.1, -0.05) is 12.1 Å². The minimum absolute atomic E-state index is 0.0500. The predicted octanol–water partition coefficient (Wildman–Crippen LogP) is 3.30. The number of imidazole rings is 1. The van der Waals surface area contributed by atoms with Gasteiger partial charge in [0.25, 0.3) is 5.91 Å². The van der Waals surface area contributed by atoms with Crippen molar-refractivity contribution in [3.63, 3.8) is 0 Å². The number of halogens is 2. The number of hydrogen-bond donors (Lipinski definition) is 1. The fraction of sp³-hybridized carbons (Fsp3) is 0.250. The molecule has 0 saturated carbocycles. The molecule has 0 radical (unpaired) electrons. The third kappa shape index (κ3) is 2.72. The average Bonchev–Trinajstić information content (AvgIpc) is 3.11. The molecule has 8 heteroatoms. The van der Waals surface area contributed by atoms with Crippen LogP contribution >= 0.6 is 0 Å². The Bertz CT molecular complexity index is 1090. The van der Waals surface area contributed by atoms with Gasteiger partial charge in [0.05, 0.1) is 17.6 Å². The van der Waals surface area contributed by atoms with Crippen molar-refractivity contribution in [3.05, 3.63) is 65.5 Å². The highest BCUT2D eigenvalue weighted by atomic mass is 19.1. The summed E-state index contributed by atoms with van der Waals surface area (Å²) in [7, 11) is 0. The molecule has 2 aromatic carbocycles. The van der Waals surface area contributed by atoms with Crippen LogP contribution in [0.5, 0.6) is 0 Å². The molecule has 1 aliphatic rings. The van der Waals surface area contributed by atoms with Crippen LogP contribution in [-0.2, 0) is 23.4 Å². The molecule has 4 rings (SSSR count). The normalized spacial score (nSPS) is 19.5. The number of rotatable bonds is 4. The Balaban J connectivity index is 1.69. The Morgan fingerprint density at radius 1 is 1.07 bits per heavy atom. The van der Waals surface area contributed by atoms with Gasteiger partial charge >= 0.3 is 6.03 Å². The van der Waals surface area contributed by atoms with E-state index >= 15 is 0 Å². The van der Waals surface area contributed by atoms with Gasteiger partial charge in [0.15, 0.2) is 0 Å². The highest BCUT2D eigenvalue weighted by Gasteiger charge is 2.49. The fourth-order valence-electron chi connectivity index (χ4n) is 3.59. The SMILES string of the molecule is CCn1c(CN2C(=O)NC(C)(c3ccc(F)cc3)C2=O)nc2cc(F)ccc21. The lowest BCUT2D eigenvalue weighted by Gasteiger charge is -2.22. The molecular formula is C20H18F2N4O2. The van der Waals surface area contributed by atoms with Gasteiger partial charge in [0.2, 0.25) is 0 Å². The summed E-state index contributed by atoms with van der Waals surface area (Å²) in [6.07, 6.45) is 0. The van der Waals surface area contributed by atoms with E-state index in [1.807, 2.05) is 11.5 Å². The predicted molar refractivity (Wildman–Crippen MR) is 98.2 cm³/mol. The standard InChI is InChI=1S/C20H18F2N4O2/c1-3-25-16-9-8-14(22)10-15(16)23-17(25)11-26-18(27)20(2,24-19(26)28)12-4-6-13(21)7-5-12/h4-10H,3,11H2,1-2H3,(H,24,28). The highest BCUT2D eigenvalue weighted by Crippen LogP contribution is 2.30. The molecule has 1 atom stereocenters. The van der Waals surface area contributed by atoms with Crippen molar-refractivity contribution in [1.29, 1.82) is 0 Å². The molecule has 28 heavy (non-hydrogen) atoms. The summed E-state index contributed by atoms with van der Waals surface area (Å²) >= 11 is 0. The van der Waals surface area contributed by atoms with Gasteiger partial charge in [-0.15, -0.1) is 0 Å². The minimum atomic E-state index is -1.29. The number of aryl methyl sites for hydroxylation is 1. The minimum Gasteiger partial charge on any atom is -0.327 e. The molecule has 3 aromatic rings. The molecule has 1 N–H and O–H groups in total. The molecule has 1 aromatic heterocycles. The largest absolute Gasteiger partial charge is 0.327 e. The van der Waals surface area contributed by atoms with Crippen LogP contribution < -0.4 is 5.32 Å². The molecule has 1 saturated heterocycles. The van der Waals surface area contributed by atoms with Crippen molar-refractivity contribution >= 4 is 23.0 Å². The van der Waals surface area contributed by atoms with E-state index in [1.54, 1.807) is 13.0 Å². The maximum absolute atomic E-state index is 13.5. The fourth-order valence-corrected chi connectivity index (χ4v) is 3.59. The molecule has 2 heterocycles. The van der Waals surface area contributed by atoms with E-state index in [-0.39, 0.29) is 6.54 Å². The van der Waals surface area contributed by atoms with Crippen molar-refractivity contribution in [3.8, 4) is 0 Å². The van der Waals surface area contributed by atoms with E-state index in [4.69, 9.17) is 0 Å². The van der Waals surface area contributed by atoms with Crippen molar-refractivity contribution < 1.29 is 18.4 Å². The Morgan fingerprint density at radius 2 is 1.75 bits per heavy atom. The number of nitrogens with one attached hydrogen (secondary N) is 1. The van der Waals surface area contributed by atoms with Crippen molar-refractivity contribution in [2.24, 2.45) is 0 Å². The smallest absolute Gasteiger partial charge is 0.325 e. The summed E-state index contributed by atoms with van der Waals surface area (Å²) in [5, 5.41) is 2.68. The number of fused-ring (bicyclic) bond motifs is 1. The second kappa shape index (κ2) is 6.40. The Labute approximate surface area is 159 Å². The quantitative estimate of drug-likeness (QED) is 0.702. The van der Waals surface area contributed by atoms with Gasteiger partial charge < -0.3 is 9.88 Å². The van der Waals surface area contributed by atoms with Crippen LogP contribution in [0.3, 0.4) is 0 Å². The zero-order valence-electron chi connectivity index (χ0n) is 15.4. The molecule has 6 nitrogen and oxygen atoms in total. The number of nitrogens with zero attached hydrogens (tertiary/aromatic N) is 3. The second-order valence-corrected chi connectivity index (χ2v) is 6.86. The molecule has 144 valence electrons. The number of urea groups is 1. The van der Waals surface area contributed by atoms with Gasteiger partial charge in [-0.25, -0.2) is 18.6 Å². The summed E-state index contributed by atoms with van der Waals surface area (Å²) in [4.78, 5) is 31.1. The Kier molecular flexibility index (Phi) is 4.14. The first kappa shape index (κ1) is 18.1. The molecule has 1 fully saturated rings. The number of carbonyl (C=O) groups is 2. The molecule has 1 unspecified atom stereocenters. The van der Waals surface area contributed by atoms with Crippen LogP contribution in [0.2, 0.25) is 0 Å². The second-order valence-electron chi connectivity index (χ2n) is 6.86. The first-order valence-corrected chi connectivity index (χ1v) is 8.88. The highest BCUT2D eigenvalue weighted by molar-refractivity contribution is 6.07. The van der Waals surface area contributed by atoms with Gasteiger partial charge in [0, 0.05) is 12.6 Å². The van der Waals surface area contributed by atoms with Gasteiger partial charge in [-0.3, -0.25) is 9.69 Å². The summed E-state index contributed by atoms with van der Waals surface area (Å²) in [5.41, 5.74) is 0.387.